The molecule has 1 amide bonds. The zero-order valence-corrected chi connectivity index (χ0v) is 13.3. The Morgan fingerprint density at radius 2 is 1.86 bits per heavy atom. The number of hydrogen-bond acceptors (Lipinski definition) is 3. The third-order valence-corrected chi connectivity index (χ3v) is 3.17. The highest BCUT2D eigenvalue weighted by Gasteiger charge is 2.03. The first-order chi connectivity index (χ1) is 10.5. The van der Waals surface area contributed by atoms with Crippen molar-refractivity contribution in [3.05, 3.63) is 29.8 Å². The molecule has 1 rings (SSSR count). The second-order valence-electron chi connectivity index (χ2n) is 5.70. The van der Waals surface area contributed by atoms with Crippen molar-refractivity contribution in [2.75, 3.05) is 6.61 Å². The molecule has 0 saturated heterocycles. The number of aliphatic carboxylic acids is 1. The van der Waals surface area contributed by atoms with Crippen LogP contribution in [0.5, 0.6) is 5.75 Å². The van der Waals surface area contributed by atoms with E-state index in [-0.39, 0.29) is 12.3 Å². The average Bonchev–Trinajstić information content (AvgIpc) is 2.48. The SMILES string of the molecule is CC(C)CCC(=O)NCc1ccc(OCCCC(=O)O)cc1. The molecule has 0 heterocycles. The number of carboxylic acid groups (broad SMARTS) is 1. The minimum Gasteiger partial charge on any atom is -0.494 e. The number of carbonyl (C=O) groups excluding carboxylic acids is 1. The zero-order valence-electron chi connectivity index (χ0n) is 13.3. The van der Waals surface area contributed by atoms with Gasteiger partial charge in [-0.25, -0.2) is 0 Å². The fourth-order valence-electron chi connectivity index (χ4n) is 1.83. The normalized spacial score (nSPS) is 10.5. The lowest BCUT2D eigenvalue weighted by molar-refractivity contribution is -0.137. The van der Waals surface area contributed by atoms with Crippen LogP contribution in [0.1, 0.15) is 45.1 Å². The number of carboxylic acids is 1. The van der Waals surface area contributed by atoms with Crippen LogP contribution in [-0.2, 0) is 16.1 Å². The maximum Gasteiger partial charge on any atom is 0.303 e. The molecule has 0 radical (unpaired) electrons. The third kappa shape index (κ3) is 8.29. The predicted octanol–water partition coefficient (Wildman–Crippen LogP) is 2.98. The lowest BCUT2D eigenvalue weighted by atomic mass is 10.1. The highest BCUT2D eigenvalue weighted by Crippen LogP contribution is 2.13. The van der Waals surface area contributed by atoms with Gasteiger partial charge in [0.1, 0.15) is 5.75 Å². The Labute approximate surface area is 131 Å². The summed E-state index contributed by atoms with van der Waals surface area (Å²) in [7, 11) is 0. The van der Waals surface area contributed by atoms with Gasteiger partial charge >= 0.3 is 5.97 Å². The van der Waals surface area contributed by atoms with E-state index in [9.17, 15) is 9.59 Å². The molecule has 122 valence electrons. The lowest BCUT2D eigenvalue weighted by Crippen LogP contribution is -2.22. The van der Waals surface area contributed by atoms with Crippen LogP contribution in [0, 0.1) is 5.92 Å². The molecular weight excluding hydrogens is 282 g/mol. The highest BCUT2D eigenvalue weighted by atomic mass is 16.5. The molecule has 5 nitrogen and oxygen atoms in total. The van der Waals surface area contributed by atoms with Gasteiger partial charge in [-0.15, -0.1) is 0 Å². The van der Waals surface area contributed by atoms with E-state index in [1.807, 2.05) is 24.3 Å². The van der Waals surface area contributed by atoms with Crippen LogP contribution in [0.2, 0.25) is 0 Å². The minimum absolute atomic E-state index is 0.0719. The Hall–Kier alpha value is -2.04. The van der Waals surface area contributed by atoms with E-state index in [2.05, 4.69) is 19.2 Å². The second kappa shape index (κ2) is 9.82. The number of amides is 1. The molecule has 0 spiro atoms. The Balaban J connectivity index is 2.26. The van der Waals surface area contributed by atoms with Crippen LogP contribution < -0.4 is 10.1 Å². The zero-order chi connectivity index (χ0) is 16.4. The number of carbonyl (C=O) groups is 2. The van der Waals surface area contributed by atoms with Crippen LogP contribution in [-0.4, -0.2) is 23.6 Å². The van der Waals surface area contributed by atoms with E-state index in [1.165, 1.54) is 0 Å². The van der Waals surface area contributed by atoms with Crippen LogP contribution >= 0.6 is 0 Å². The first-order valence-corrected chi connectivity index (χ1v) is 7.67. The first-order valence-electron chi connectivity index (χ1n) is 7.67. The van der Waals surface area contributed by atoms with Crippen molar-refractivity contribution in [3.63, 3.8) is 0 Å². The van der Waals surface area contributed by atoms with Gasteiger partial charge in [0.05, 0.1) is 6.61 Å². The quantitative estimate of drug-likeness (QED) is 0.652. The van der Waals surface area contributed by atoms with Crippen LogP contribution in [0.15, 0.2) is 24.3 Å². The summed E-state index contributed by atoms with van der Waals surface area (Å²) in [6.07, 6.45) is 2.06. The van der Waals surface area contributed by atoms with E-state index in [0.717, 1.165) is 12.0 Å². The van der Waals surface area contributed by atoms with Crippen molar-refractivity contribution >= 4 is 11.9 Å². The molecule has 1 aromatic carbocycles. The standard InChI is InChI=1S/C17H25NO4/c1-13(2)5-10-16(19)18-12-14-6-8-15(9-7-14)22-11-3-4-17(20)21/h6-9,13H,3-5,10-12H2,1-2H3,(H,18,19)(H,20,21). The summed E-state index contributed by atoms with van der Waals surface area (Å²) in [5.74, 6) is 0.499. The van der Waals surface area contributed by atoms with E-state index in [1.54, 1.807) is 0 Å². The fourth-order valence-corrected chi connectivity index (χ4v) is 1.83. The van der Waals surface area contributed by atoms with Gasteiger partial charge in [0, 0.05) is 19.4 Å². The van der Waals surface area contributed by atoms with E-state index < -0.39 is 5.97 Å². The number of hydrogen-bond donors (Lipinski definition) is 2. The van der Waals surface area contributed by atoms with Gasteiger partial charge in [-0.05, 0) is 36.5 Å². The molecule has 0 unspecified atom stereocenters. The Morgan fingerprint density at radius 1 is 1.18 bits per heavy atom. The Kier molecular flexibility index (Phi) is 8.04. The number of nitrogens with one attached hydrogen (secondary N) is 1. The molecule has 0 aliphatic rings. The Morgan fingerprint density at radius 3 is 2.45 bits per heavy atom. The molecule has 0 bridgehead atoms. The van der Waals surface area contributed by atoms with E-state index in [0.29, 0.717) is 37.7 Å². The maximum absolute atomic E-state index is 11.6. The Bertz CT molecular complexity index is 468. The molecule has 22 heavy (non-hydrogen) atoms. The average molecular weight is 307 g/mol. The van der Waals surface area contributed by atoms with Crippen molar-refractivity contribution in [3.8, 4) is 5.75 Å². The summed E-state index contributed by atoms with van der Waals surface area (Å²) >= 11 is 0. The van der Waals surface area contributed by atoms with Crippen molar-refractivity contribution in [2.24, 2.45) is 5.92 Å². The number of rotatable bonds is 10. The van der Waals surface area contributed by atoms with Gasteiger partial charge in [0.15, 0.2) is 0 Å². The van der Waals surface area contributed by atoms with Crippen LogP contribution in [0.4, 0.5) is 0 Å². The molecule has 1 aromatic rings. The molecule has 0 fully saturated rings. The van der Waals surface area contributed by atoms with Gasteiger partial charge in [-0.3, -0.25) is 9.59 Å². The van der Waals surface area contributed by atoms with Gasteiger partial charge < -0.3 is 15.2 Å². The van der Waals surface area contributed by atoms with Crippen molar-refractivity contribution in [2.45, 2.75) is 46.1 Å². The third-order valence-electron chi connectivity index (χ3n) is 3.17. The molecule has 0 atom stereocenters. The van der Waals surface area contributed by atoms with Crippen molar-refractivity contribution in [1.82, 2.24) is 5.32 Å². The molecule has 0 saturated carbocycles. The summed E-state index contributed by atoms with van der Waals surface area (Å²) in [6, 6.07) is 7.46. The molecule has 0 aliphatic carbocycles. The first kappa shape index (κ1) is 18.0. The molecule has 0 aliphatic heterocycles. The van der Waals surface area contributed by atoms with Gasteiger partial charge in [0.25, 0.3) is 0 Å². The monoisotopic (exact) mass is 307 g/mol. The summed E-state index contributed by atoms with van der Waals surface area (Å²) < 4.78 is 5.45. The van der Waals surface area contributed by atoms with Gasteiger partial charge in [-0.2, -0.15) is 0 Å². The summed E-state index contributed by atoms with van der Waals surface area (Å²) in [6.45, 7) is 5.10. The maximum atomic E-state index is 11.6. The predicted molar refractivity (Wildman–Crippen MR) is 84.7 cm³/mol. The fraction of sp³-hybridized carbons (Fsp3) is 0.529. The van der Waals surface area contributed by atoms with E-state index >= 15 is 0 Å². The van der Waals surface area contributed by atoms with Crippen LogP contribution in [0.3, 0.4) is 0 Å². The smallest absolute Gasteiger partial charge is 0.303 e. The van der Waals surface area contributed by atoms with Gasteiger partial charge in [-0.1, -0.05) is 26.0 Å². The number of benzene rings is 1. The number of ether oxygens (including phenoxy) is 1. The van der Waals surface area contributed by atoms with Gasteiger partial charge in [0.2, 0.25) is 5.91 Å². The van der Waals surface area contributed by atoms with Crippen molar-refractivity contribution in [1.29, 1.82) is 0 Å². The largest absolute Gasteiger partial charge is 0.494 e. The summed E-state index contributed by atoms with van der Waals surface area (Å²) in [5, 5.41) is 11.4. The highest BCUT2D eigenvalue weighted by molar-refractivity contribution is 5.75. The molecule has 0 aromatic heterocycles. The summed E-state index contributed by atoms with van der Waals surface area (Å²) in [4.78, 5) is 22.0. The lowest BCUT2D eigenvalue weighted by Gasteiger charge is -2.08. The second-order valence-corrected chi connectivity index (χ2v) is 5.70. The van der Waals surface area contributed by atoms with E-state index in [4.69, 9.17) is 9.84 Å². The minimum atomic E-state index is -0.813. The topological polar surface area (TPSA) is 75.6 Å². The molecule has 5 heteroatoms. The van der Waals surface area contributed by atoms with Crippen LogP contribution in [0.25, 0.3) is 0 Å². The summed E-state index contributed by atoms with van der Waals surface area (Å²) in [5.41, 5.74) is 1.01. The molecular formula is C17H25NO4. The van der Waals surface area contributed by atoms with Crippen molar-refractivity contribution < 1.29 is 19.4 Å². The molecule has 2 N–H and O–H groups in total.